The Kier molecular flexibility index (Phi) is 5.73. The number of nitrogens with two attached hydrogens (primary N) is 1. The zero-order valence-electron chi connectivity index (χ0n) is 11.3. The zero-order chi connectivity index (χ0) is 14.4. The van der Waals surface area contributed by atoms with Gasteiger partial charge in [0.2, 0.25) is 5.91 Å². The molecule has 1 rings (SSSR count). The van der Waals surface area contributed by atoms with Gasteiger partial charge in [-0.15, -0.1) is 0 Å². The van der Waals surface area contributed by atoms with Gasteiger partial charge in [0.25, 0.3) is 0 Å². The number of anilines is 2. The molecule has 0 aromatic heterocycles. The number of nitrogen functional groups attached to an aromatic ring is 1. The number of hydrogen-bond donors (Lipinski definition) is 2. The minimum absolute atomic E-state index is 0.101. The van der Waals surface area contributed by atoms with Crippen molar-refractivity contribution in [3.05, 3.63) is 23.8 Å². The molecule has 3 N–H and O–H groups in total. The van der Waals surface area contributed by atoms with E-state index in [0.29, 0.717) is 12.5 Å². The lowest BCUT2D eigenvalue weighted by atomic mass is 9.98. The second-order valence-electron chi connectivity index (χ2n) is 4.59. The van der Waals surface area contributed by atoms with E-state index in [1.165, 1.54) is 0 Å². The van der Waals surface area contributed by atoms with Crippen LogP contribution < -0.4 is 11.1 Å². The highest BCUT2D eigenvalue weighted by Gasteiger charge is 2.19. The van der Waals surface area contributed by atoms with Gasteiger partial charge >= 0.3 is 0 Å². The van der Waals surface area contributed by atoms with Gasteiger partial charge in [-0.25, -0.2) is 8.78 Å². The van der Waals surface area contributed by atoms with Crippen LogP contribution in [-0.4, -0.2) is 5.91 Å². The second-order valence-corrected chi connectivity index (χ2v) is 4.59. The lowest BCUT2D eigenvalue weighted by Gasteiger charge is -2.16. The lowest BCUT2D eigenvalue weighted by molar-refractivity contribution is -0.120. The van der Waals surface area contributed by atoms with Gasteiger partial charge in [0, 0.05) is 12.0 Å². The molecular formula is C14H20F2N2O. The topological polar surface area (TPSA) is 55.1 Å². The lowest BCUT2D eigenvalue weighted by Crippen LogP contribution is -2.23. The van der Waals surface area contributed by atoms with Crippen LogP contribution in [0.15, 0.2) is 12.1 Å². The molecule has 0 spiro atoms. The van der Waals surface area contributed by atoms with Crippen molar-refractivity contribution in [2.24, 2.45) is 5.92 Å². The summed E-state index contributed by atoms with van der Waals surface area (Å²) in [5, 5.41) is 2.46. The molecule has 1 aromatic carbocycles. The van der Waals surface area contributed by atoms with E-state index in [4.69, 9.17) is 5.73 Å². The van der Waals surface area contributed by atoms with Crippen molar-refractivity contribution in [1.29, 1.82) is 0 Å². The molecule has 1 amide bonds. The van der Waals surface area contributed by atoms with Crippen molar-refractivity contribution in [2.45, 2.75) is 39.5 Å². The number of unbranched alkanes of at least 4 members (excludes halogenated alkanes) is 1. The molecule has 1 aromatic rings. The summed E-state index contributed by atoms with van der Waals surface area (Å²) < 4.78 is 26.5. The van der Waals surface area contributed by atoms with Gasteiger partial charge < -0.3 is 11.1 Å². The molecule has 3 nitrogen and oxygen atoms in total. The van der Waals surface area contributed by atoms with E-state index in [1.54, 1.807) is 0 Å². The first kappa shape index (κ1) is 15.4. The Labute approximate surface area is 112 Å². The van der Waals surface area contributed by atoms with Crippen molar-refractivity contribution in [1.82, 2.24) is 0 Å². The van der Waals surface area contributed by atoms with Gasteiger partial charge in [0.15, 0.2) is 5.82 Å². The highest BCUT2D eigenvalue weighted by Crippen LogP contribution is 2.25. The van der Waals surface area contributed by atoms with E-state index in [2.05, 4.69) is 5.32 Å². The molecule has 1 atom stereocenters. The van der Waals surface area contributed by atoms with Gasteiger partial charge in [0.05, 0.1) is 5.69 Å². The Hall–Kier alpha value is -1.65. The quantitative estimate of drug-likeness (QED) is 0.774. The molecule has 0 aliphatic rings. The van der Waals surface area contributed by atoms with Gasteiger partial charge in [-0.3, -0.25) is 4.79 Å². The Morgan fingerprint density at radius 1 is 1.37 bits per heavy atom. The normalized spacial score (nSPS) is 12.2. The predicted octanol–water partition coefficient (Wildman–Crippen LogP) is 3.70. The number of nitrogens with one attached hydrogen (secondary N) is 1. The van der Waals surface area contributed by atoms with Crippen LogP contribution in [0.4, 0.5) is 20.2 Å². The third-order valence-corrected chi connectivity index (χ3v) is 3.10. The van der Waals surface area contributed by atoms with E-state index in [-0.39, 0.29) is 23.2 Å². The van der Waals surface area contributed by atoms with Crippen LogP contribution in [0.2, 0.25) is 0 Å². The van der Waals surface area contributed by atoms with Crippen LogP contribution in [0.5, 0.6) is 0 Å². The molecule has 0 fully saturated rings. The molecule has 1 unspecified atom stereocenters. The molecule has 0 saturated carbocycles. The van der Waals surface area contributed by atoms with E-state index in [9.17, 15) is 13.6 Å². The molecule has 0 radical (unpaired) electrons. The second kappa shape index (κ2) is 7.07. The molecule has 0 bridgehead atoms. The van der Waals surface area contributed by atoms with E-state index in [0.717, 1.165) is 25.3 Å². The maximum atomic E-state index is 13.6. The summed E-state index contributed by atoms with van der Waals surface area (Å²) >= 11 is 0. The molecular weight excluding hydrogens is 250 g/mol. The summed E-state index contributed by atoms with van der Waals surface area (Å²) in [5.74, 6) is -2.06. The fourth-order valence-electron chi connectivity index (χ4n) is 1.92. The Balaban J connectivity index is 2.81. The summed E-state index contributed by atoms with van der Waals surface area (Å²) in [5.41, 5.74) is 5.28. The Morgan fingerprint density at radius 3 is 2.58 bits per heavy atom. The van der Waals surface area contributed by atoms with Crippen molar-refractivity contribution in [3.63, 3.8) is 0 Å². The first-order valence-electron chi connectivity index (χ1n) is 6.54. The summed E-state index contributed by atoms with van der Waals surface area (Å²) in [7, 11) is 0. The van der Waals surface area contributed by atoms with Gasteiger partial charge in [-0.1, -0.05) is 26.7 Å². The van der Waals surface area contributed by atoms with Crippen molar-refractivity contribution < 1.29 is 13.6 Å². The standard InChI is InChI=1S/C14H20F2N2O/c1-3-5-6-9(4-2)14(19)18-13-11(16)7-10(15)8-12(13)17/h7-9H,3-6,17H2,1-2H3,(H,18,19). The van der Waals surface area contributed by atoms with Gasteiger partial charge in [0.1, 0.15) is 11.5 Å². The maximum absolute atomic E-state index is 13.6. The average molecular weight is 270 g/mol. The van der Waals surface area contributed by atoms with Gasteiger partial charge in [-0.05, 0) is 18.9 Å². The number of carbonyl (C=O) groups is 1. The van der Waals surface area contributed by atoms with E-state index >= 15 is 0 Å². The largest absolute Gasteiger partial charge is 0.397 e. The minimum Gasteiger partial charge on any atom is -0.397 e. The fraction of sp³-hybridized carbons (Fsp3) is 0.500. The van der Waals surface area contributed by atoms with Crippen LogP contribution in [0, 0.1) is 17.6 Å². The van der Waals surface area contributed by atoms with Crippen molar-refractivity contribution in [2.75, 3.05) is 11.1 Å². The monoisotopic (exact) mass is 270 g/mol. The molecule has 0 aliphatic heterocycles. The van der Waals surface area contributed by atoms with Crippen LogP contribution >= 0.6 is 0 Å². The third kappa shape index (κ3) is 4.19. The van der Waals surface area contributed by atoms with Crippen LogP contribution in [0.25, 0.3) is 0 Å². The number of benzene rings is 1. The van der Waals surface area contributed by atoms with Crippen LogP contribution in [-0.2, 0) is 4.79 Å². The third-order valence-electron chi connectivity index (χ3n) is 3.10. The van der Waals surface area contributed by atoms with Crippen molar-refractivity contribution in [3.8, 4) is 0 Å². The molecule has 0 aliphatic carbocycles. The van der Waals surface area contributed by atoms with Crippen LogP contribution in [0.3, 0.4) is 0 Å². The summed E-state index contributed by atoms with van der Waals surface area (Å²) in [6.45, 7) is 3.95. The summed E-state index contributed by atoms with van der Waals surface area (Å²) in [6.07, 6.45) is 3.36. The van der Waals surface area contributed by atoms with Gasteiger partial charge in [-0.2, -0.15) is 0 Å². The summed E-state index contributed by atoms with van der Waals surface area (Å²) in [4.78, 5) is 12.0. The maximum Gasteiger partial charge on any atom is 0.227 e. The first-order chi connectivity index (χ1) is 8.99. The van der Waals surface area contributed by atoms with Crippen molar-refractivity contribution >= 4 is 17.3 Å². The smallest absolute Gasteiger partial charge is 0.227 e. The number of carbonyl (C=O) groups excluding carboxylic acids is 1. The fourth-order valence-corrected chi connectivity index (χ4v) is 1.92. The van der Waals surface area contributed by atoms with E-state index < -0.39 is 11.6 Å². The molecule has 0 saturated heterocycles. The minimum atomic E-state index is -0.851. The number of hydrogen-bond acceptors (Lipinski definition) is 2. The Bertz CT molecular complexity index is 426. The predicted molar refractivity (Wildman–Crippen MR) is 72.7 cm³/mol. The first-order valence-corrected chi connectivity index (χ1v) is 6.54. The van der Waals surface area contributed by atoms with E-state index in [1.807, 2.05) is 13.8 Å². The summed E-state index contributed by atoms with van der Waals surface area (Å²) in [6, 6.07) is 1.70. The molecule has 0 heterocycles. The van der Waals surface area contributed by atoms with Crippen LogP contribution in [0.1, 0.15) is 39.5 Å². The molecule has 19 heavy (non-hydrogen) atoms. The highest BCUT2D eigenvalue weighted by molar-refractivity contribution is 5.95. The highest BCUT2D eigenvalue weighted by atomic mass is 19.1. The SMILES string of the molecule is CCCCC(CC)C(=O)Nc1c(N)cc(F)cc1F. The number of amides is 1. The zero-order valence-corrected chi connectivity index (χ0v) is 11.3. The average Bonchev–Trinajstić information content (AvgIpc) is 2.34. The number of rotatable bonds is 6. The Morgan fingerprint density at radius 2 is 2.05 bits per heavy atom. The molecule has 106 valence electrons. The molecule has 5 heteroatoms. The number of halogens is 2.